The smallest absolute Gasteiger partial charge is 0.308 e. The van der Waals surface area contributed by atoms with Crippen molar-refractivity contribution in [2.24, 2.45) is 0 Å². The normalized spacial score (nSPS) is 13.2. The van der Waals surface area contributed by atoms with Gasteiger partial charge in [-0.2, -0.15) is 13.2 Å². The highest BCUT2D eigenvalue weighted by Crippen LogP contribution is 2.33. The molecule has 1 unspecified atom stereocenters. The molecule has 1 heterocycles. The van der Waals surface area contributed by atoms with Crippen LogP contribution in [0.25, 0.3) is 0 Å². The van der Waals surface area contributed by atoms with E-state index < -0.39 is 23.6 Å². The first kappa shape index (κ1) is 15.4. The van der Waals surface area contributed by atoms with E-state index in [1.807, 2.05) is 13.0 Å². The number of nitrogens with one attached hydrogen (secondary N) is 1. The molecule has 112 valence electrons. The van der Waals surface area contributed by atoms with Crippen molar-refractivity contribution in [3.05, 3.63) is 64.7 Å². The standard InChI is InChI=1S/C15H14F4N2/c1-9-5-6-21-13(7-9)14(20-2)10-3-4-11(12(16)8-10)15(17,18)19/h3-8,14,20H,1-2H3. The van der Waals surface area contributed by atoms with Crippen LogP contribution in [0.5, 0.6) is 0 Å². The summed E-state index contributed by atoms with van der Waals surface area (Å²) in [7, 11) is 1.64. The molecule has 0 fully saturated rings. The van der Waals surface area contributed by atoms with E-state index in [1.54, 1.807) is 19.3 Å². The van der Waals surface area contributed by atoms with Crippen LogP contribution in [0.3, 0.4) is 0 Å². The van der Waals surface area contributed by atoms with Crippen LogP contribution in [0, 0.1) is 12.7 Å². The second kappa shape index (κ2) is 5.81. The van der Waals surface area contributed by atoms with E-state index in [2.05, 4.69) is 10.3 Å². The number of rotatable bonds is 3. The summed E-state index contributed by atoms with van der Waals surface area (Å²) in [6.45, 7) is 1.88. The van der Waals surface area contributed by atoms with Crippen LogP contribution < -0.4 is 5.32 Å². The molecule has 1 aromatic carbocycles. The van der Waals surface area contributed by atoms with E-state index in [0.717, 1.165) is 17.7 Å². The number of alkyl halides is 3. The molecule has 2 nitrogen and oxygen atoms in total. The van der Waals surface area contributed by atoms with Crippen molar-refractivity contribution in [2.75, 3.05) is 7.05 Å². The summed E-state index contributed by atoms with van der Waals surface area (Å²) in [5.41, 5.74) is 0.712. The Kier molecular flexibility index (Phi) is 4.27. The van der Waals surface area contributed by atoms with Crippen molar-refractivity contribution in [1.29, 1.82) is 0 Å². The molecule has 1 atom stereocenters. The molecule has 21 heavy (non-hydrogen) atoms. The molecule has 0 aliphatic carbocycles. The van der Waals surface area contributed by atoms with Crippen molar-refractivity contribution in [3.8, 4) is 0 Å². The van der Waals surface area contributed by atoms with Crippen LogP contribution in [-0.2, 0) is 6.18 Å². The van der Waals surface area contributed by atoms with E-state index in [4.69, 9.17) is 0 Å². The lowest BCUT2D eigenvalue weighted by Gasteiger charge is -2.18. The van der Waals surface area contributed by atoms with Crippen LogP contribution in [0.1, 0.15) is 28.4 Å². The number of benzene rings is 1. The van der Waals surface area contributed by atoms with Gasteiger partial charge in [0.05, 0.1) is 17.3 Å². The van der Waals surface area contributed by atoms with Gasteiger partial charge in [0.25, 0.3) is 0 Å². The predicted octanol–water partition coefficient (Wildman–Crippen LogP) is 3.86. The van der Waals surface area contributed by atoms with Gasteiger partial charge in [0.2, 0.25) is 0 Å². The molecule has 0 radical (unpaired) electrons. The van der Waals surface area contributed by atoms with E-state index in [1.165, 1.54) is 6.07 Å². The number of aromatic nitrogens is 1. The molecular formula is C15H14F4N2. The molecule has 0 spiro atoms. The van der Waals surface area contributed by atoms with Gasteiger partial charge in [0, 0.05) is 6.20 Å². The first-order valence-electron chi connectivity index (χ1n) is 6.29. The maximum atomic E-state index is 13.7. The SMILES string of the molecule is CNC(c1ccc(C(F)(F)F)c(F)c1)c1cc(C)ccn1. The fourth-order valence-electron chi connectivity index (χ4n) is 2.14. The highest BCUT2D eigenvalue weighted by Gasteiger charge is 2.34. The van der Waals surface area contributed by atoms with Crippen molar-refractivity contribution in [3.63, 3.8) is 0 Å². The van der Waals surface area contributed by atoms with Crippen molar-refractivity contribution < 1.29 is 17.6 Å². The van der Waals surface area contributed by atoms with E-state index in [0.29, 0.717) is 11.3 Å². The highest BCUT2D eigenvalue weighted by molar-refractivity contribution is 5.33. The molecule has 0 saturated carbocycles. The molecule has 1 aromatic heterocycles. The monoisotopic (exact) mass is 298 g/mol. The number of hydrogen-bond donors (Lipinski definition) is 1. The van der Waals surface area contributed by atoms with Gasteiger partial charge in [0.1, 0.15) is 5.82 Å². The minimum Gasteiger partial charge on any atom is -0.308 e. The lowest BCUT2D eigenvalue weighted by atomic mass is 10.00. The molecule has 6 heteroatoms. The van der Waals surface area contributed by atoms with Crippen LogP contribution in [0.2, 0.25) is 0 Å². The maximum Gasteiger partial charge on any atom is 0.419 e. The molecule has 2 aromatic rings. The van der Waals surface area contributed by atoms with Gasteiger partial charge in [-0.25, -0.2) is 4.39 Å². The van der Waals surface area contributed by atoms with Gasteiger partial charge < -0.3 is 5.32 Å². The lowest BCUT2D eigenvalue weighted by molar-refractivity contribution is -0.140. The Morgan fingerprint density at radius 1 is 1.14 bits per heavy atom. The van der Waals surface area contributed by atoms with E-state index in [9.17, 15) is 17.6 Å². The summed E-state index contributed by atoms with van der Waals surface area (Å²) in [6, 6.07) is 6.05. The third-order valence-corrected chi connectivity index (χ3v) is 3.15. The Bertz CT molecular complexity index is 638. The average molecular weight is 298 g/mol. The van der Waals surface area contributed by atoms with Crippen LogP contribution in [0.4, 0.5) is 17.6 Å². The number of pyridine rings is 1. The van der Waals surface area contributed by atoms with Crippen molar-refractivity contribution >= 4 is 0 Å². The first-order chi connectivity index (χ1) is 9.82. The topological polar surface area (TPSA) is 24.9 Å². The fourth-order valence-corrected chi connectivity index (χ4v) is 2.14. The number of halogens is 4. The van der Waals surface area contributed by atoms with Gasteiger partial charge in [-0.3, -0.25) is 4.98 Å². The zero-order chi connectivity index (χ0) is 15.6. The summed E-state index contributed by atoms with van der Waals surface area (Å²) < 4.78 is 51.4. The zero-order valence-corrected chi connectivity index (χ0v) is 11.5. The molecule has 1 N–H and O–H groups in total. The zero-order valence-electron chi connectivity index (χ0n) is 11.5. The fraction of sp³-hybridized carbons (Fsp3) is 0.267. The summed E-state index contributed by atoms with van der Waals surface area (Å²) in [4.78, 5) is 4.18. The molecular weight excluding hydrogens is 284 g/mol. The second-order valence-corrected chi connectivity index (χ2v) is 4.72. The Morgan fingerprint density at radius 2 is 1.86 bits per heavy atom. The Balaban J connectivity index is 2.42. The van der Waals surface area contributed by atoms with Gasteiger partial charge >= 0.3 is 6.18 Å². The minimum atomic E-state index is -4.70. The molecule has 2 rings (SSSR count). The predicted molar refractivity (Wildman–Crippen MR) is 71.3 cm³/mol. The van der Waals surface area contributed by atoms with Gasteiger partial charge in [-0.15, -0.1) is 0 Å². The molecule has 0 amide bonds. The summed E-state index contributed by atoms with van der Waals surface area (Å²) in [5.74, 6) is -1.28. The lowest BCUT2D eigenvalue weighted by Crippen LogP contribution is -2.20. The van der Waals surface area contributed by atoms with Crippen LogP contribution in [0.15, 0.2) is 36.5 Å². The van der Waals surface area contributed by atoms with Gasteiger partial charge in [-0.05, 0) is 49.4 Å². The van der Waals surface area contributed by atoms with E-state index >= 15 is 0 Å². The summed E-state index contributed by atoms with van der Waals surface area (Å²) >= 11 is 0. The van der Waals surface area contributed by atoms with Crippen LogP contribution >= 0.6 is 0 Å². The highest BCUT2D eigenvalue weighted by atomic mass is 19.4. The van der Waals surface area contributed by atoms with Gasteiger partial charge in [0.15, 0.2) is 0 Å². The average Bonchev–Trinajstić information content (AvgIpc) is 2.38. The maximum absolute atomic E-state index is 13.7. The third kappa shape index (κ3) is 3.39. The summed E-state index contributed by atoms with van der Waals surface area (Å²) in [5, 5.41) is 2.94. The Hall–Kier alpha value is -1.95. The summed E-state index contributed by atoms with van der Waals surface area (Å²) in [6.07, 6.45) is -3.09. The van der Waals surface area contributed by atoms with Crippen molar-refractivity contribution in [1.82, 2.24) is 10.3 Å². The number of nitrogens with zero attached hydrogens (tertiary/aromatic N) is 1. The second-order valence-electron chi connectivity index (χ2n) is 4.72. The van der Waals surface area contributed by atoms with Crippen molar-refractivity contribution in [2.45, 2.75) is 19.1 Å². The van der Waals surface area contributed by atoms with Crippen LogP contribution in [-0.4, -0.2) is 12.0 Å². The quantitative estimate of drug-likeness (QED) is 0.870. The molecule has 0 bridgehead atoms. The molecule has 0 saturated heterocycles. The largest absolute Gasteiger partial charge is 0.419 e. The minimum absolute atomic E-state index is 0.390. The Labute approximate surface area is 119 Å². The number of hydrogen-bond acceptors (Lipinski definition) is 2. The third-order valence-electron chi connectivity index (χ3n) is 3.15. The molecule has 0 aliphatic heterocycles. The van der Waals surface area contributed by atoms with E-state index in [-0.39, 0.29) is 0 Å². The number of aryl methyl sites for hydroxylation is 1. The first-order valence-corrected chi connectivity index (χ1v) is 6.29. The molecule has 0 aliphatic rings. The Morgan fingerprint density at radius 3 is 2.38 bits per heavy atom. The van der Waals surface area contributed by atoms with Gasteiger partial charge in [-0.1, -0.05) is 6.07 Å².